The SMILES string of the molecule is CCNC(=NCc1ccc(OCCOC)cc1)NC1CCC(C)CC1. The van der Waals surface area contributed by atoms with Crippen molar-refractivity contribution in [1.82, 2.24) is 10.6 Å². The zero-order valence-electron chi connectivity index (χ0n) is 15.9. The first kappa shape index (κ1) is 19.6. The van der Waals surface area contributed by atoms with Crippen molar-refractivity contribution >= 4 is 5.96 Å². The van der Waals surface area contributed by atoms with E-state index in [1.807, 2.05) is 12.1 Å². The highest BCUT2D eigenvalue weighted by molar-refractivity contribution is 5.80. The number of guanidine groups is 1. The first-order chi connectivity index (χ1) is 12.2. The standard InChI is InChI=1S/C20H33N3O2/c1-4-21-20(23-18-9-5-16(2)6-10-18)22-15-17-7-11-19(12-8-17)25-14-13-24-3/h7-8,11-12,16,18H,4-6,9-10,13-15H2,1-3H3,(H2,21,22,23). The maximum atomic E-state index is 5.59. The molecule has 2 N–H and O–H groups in total. The van der Waals surface area contributed by atoms with E-state index in [4.69, 9.17) is 14.5 Å². The Morgan fingerprint density at radius 1 is 1.12 bits per heavy atom. The van der Waals surface area contributed by atoms with E-state index in [0.717, 1.165) is 24.2 Å². The molecular weight excluding hydrogens is 314 g/mol. The highest BCUT2D eigenvalue weighted by Crippen LogP contribution is 2.23. The molecule has 1 saturated carbocycles. The van der Waals surface area contributed by atoms with Crippen LogP contribution in [0, 0.1) is 5.92 Å². The molecule has 0 spiro atoms. The van der Waals surface area contributed by atoms with E-state index < -0.39 is 0 Å². The van der Waals surface area contributed by atoms with Gasteiger partial charge in [0.15, 0.2) is 5.96 Å². The van der Waals surface area contributed by atoms with Gasteiger partial charge in [-0.3, -0.25) is 0 Å². The van der Waals surface area contributed by atoms with Gasteiger partial charge in [-0.25, -0.2) is 4.99 Å². The van der Waals surface area contributed by atoms with Crippen molar-refractivity contribution in [2.24, 2.45) is 10.9 Å². The quantitative estimate of drug-likeness (QED) is 0.430. The van der Waals surface area contributed by atoms with Crippen LogP contribution in [-0.4, -0.2) is 38.9 Å². The topological polar surface area (TPSA) is 54.9 Å². The van der Waals surface area contributed by atoms with Crippen molar-refractivity contribution in [2.45, 2.75) is 52.1 Å². The van der Waals surface area contributed by atoms with Gasteiger partial charge in [0.1, 0.15) is 12.4 Å². The molecule has 1 aliphatic carbocycles. The molecule has 0 atom stereocenters. The average Bonchev–Trinajstić information content (AvgIpc) is 2.63. The lowest BCUT2D eigenvalue weighted by Crippen LogP contribution is -2.44. The van der Waals surface area contributed by atoms with Crippen LogP contribution in [0.25, 0.3) is 0 Å². The molecule has 0 aliphatic heterocycles. The molecule has 1 aliphatic rings. The van der Waals surface area contributed by atoms with Crippen LogP contribution in [-0.2, 0) is 11.3 Å². The number of methoxy groups -OCH3 is 1. The normalized spacial score (nSPS) is 21.0. The molecule has 0 unspecified atom stereocenters. The van der Waals surface area contributed by atoms with Gasteiger partial charge >= 0.3 is 0 Å². The van der Waals surface area contributed by atoms with E-state index in [-0.39, 0.29) is 0 Å². The van der Waals surface area contributed by atoms with Crippen LogP contribution in [0.3, 0.4) is 0 Å². The summed E-state index contributed by atoms with van der Waals surface area (Å²) in [6.07, 6.45) is 5.08. The molecule has 25 heavy (non-hydrogen) atoms. The second-order valence-corrected chi connectivity index (χ2v) is 6.78. The Labute approximate surface area is 152 Å². The summed E-state index contributed by atoms with van der Waals surface area (Å²) in [6, 6.07) is 8.66. The Hall–Kier alpha value is -1.75. The average molecular weight is 348 g/mol. The van der Waals surface area contributed by atoms with Crippen LogP contribution in [0.4, 0.5) is 0 Å². The smallest absolute Gasteiger partial charge is 0.191 e. The van der Waals surface area contributed by atoms with Gasteiger partial charge in [-0.2, -0.15) is 0 Å². The largest absolute Gasteiger partial charge is 0.491 e. The number of hydrogen-bond donors (Lipinski definition) is 2. The van der Waals surface area contributed by atoms with E-state index in [1.54, 1.807) is 7.11 Å². The molecule has 5 nitrogen and oxygen atoms in total. The summed E-state index contributed by atoms with van der Waals surface area (Å²) >= 11 is 0. The lowest BCUT2D eigenvalue weighted by atomic mass is 9.87. The molecule has 0 bridgehead atoms. The summed E-state index contributed by atoms with van der Waals surface area (Å²) in [6.45, 7) is 7.16. The van der Waals surface area contributed by atoms with Crippen LogP contribution < -0.4 is 15.4 Å². The third-order valence-electron chi connectivity index (χ3n) is 4.60. The Kier molecular flexibility index (Phi) is 8.60. The number of rotatable bonds is 8. The molecule has 1 aromatic carbocycles. The summed E-state index contributed by atoms with van der Waals surface area (Å²) in [5.41, 5.74) is 1.17. The summed E-state index contributed by atoms with van der Waals surface area (Å²) in [7, 11) is 1.67. The Balaban J connectivity index is 1.85. The van der Waals surface area contributed by atoms with Crippen LogP contribution in [0.2, 0.25) is 0 Å². The van der Waals surface area contributed by atoms with Crippen molar-refractivity contribution in [3.63, 3.8) is 0 Å². The summed E-state index contributed by atoms with van der Waals surface area (Å²) in [5, 5.41) is 6.95. The molecular formula is C20H33N3O2. The van der Waals surface area contributed by atoms with Gasteiger partial charge in [0.25, 0.3) is 0 Å². The number of aliphatic imine (C=N–C) groups is 1. The first-order valence-electron chi connectivity index (χ1n) is 9.46. The van der Waals surface area contributed by atoms with Gasteiger partial charge in [-0.1, -0.05) is 19.1 Å². The van der Waals surface area contributed by atoms with Crippen LogP contribution >= 0.6 is 0 Å². The summed E-state index contributed by atoms with van der Waals surface area (Å²) < 4.78 is 10.6. The number of benzene rings is 1. The maximum absolute atomic E-state index is 5.59. The molecule has 0 heterocycles. The van der Waals surface area contributed by atoms with Gasteiger partial charge in [0, 0.05) is 19.7 Å². The monoisotopic (exact) mass is 347 g/mol. The van der Waals surface area contributed by atoms with Gasteiger partial charge in [0.2, 0.25) is 0 Å². The van der Waals surface area contributed by atoms with Gasteiger partial charge in [0.05, 0.1) is 13.2 Å². The van der Waals surface area contributed by atoms with E-state index >= 15 is 0 Å². The third kappa shape index (κ3) is 7.34. The lowest BCUT2D eigenvalue weighted by Gasteiger charge is -2.28. The Morgan fingerprint density at radius 3 is 2.48 bits per heavy atom. The number of hydrogen-bond acceptors (Lipinski definition) is 3. The number of ether oxygens (including phenoxy) is 2. The molecule has 140 valence electrons. The van der Waals surface area contributed by atoms with E-state index in [2.05, 4.69) is 36.6 Å². The minimum atomic E-state index is 0.547. The molecule has 0 amide bonds. The Morgan fingerprint density at radius 2 is 1.84 bits per heavy atom. The predicted octanol–water partition coefficient (Wildman–Crippen LogP) is 3.35. The van der Waals surface area contributed by atoms with Crippen molar-refractivity contribution in [3.05, 3.63) is 29.8 Å². The van der Waals surface area contributed by atoms with Crippen molar-refractivity contribution in [3.8, 4) is 5.75 Å². The first-order valence-corrected chi connectivity index (χ1v) is 9.46. The van der Waals surface area contributed by atoms with Gasteiger partial charge in [-0.15, -0.1) is 0 Å². The second kappa shape index (κ2) is 11.0. The highest BCUT2D eigenvalue weighted by Gasteiger charge is 2.18. The van der Waals surface area contributed by atoms with E-state index in [0.29, 0.717) is 25.8 Å². The fourth-order valence-electron chi connectivity index (χ4n) is 3.02. The lowest BCUT2D eigenvalue weighted by molar-refractivity contribution is 0.146. The van der Waals surface area contributed by atoms with Gasteiger partial charge in [-0.05, 0) is 56.2 Å². The van der Waals surface area contributed by atoms with E-state index in [9.17, 15) is 0 Å². The van der Waals surface area contributed by atoms with Crippen molar-refractivity contribution in [1.29, 1.82) is 0 Å². The second-order valence-electron chi connectivity index (χ2n) is 6.78. The van der Waals surface area contributed by atoms with E-state index in [1.165, 1.54) is 31.2 Å². The molecule has 1 aromatic rings. The molecule has 0 radical (unpaired) electrons. The number of nitrogens with one attached hydrogen (secondary N) is 2. The van der Waals surface area contributed by atoms with Crippen LogP contribution in [0.15, 0.2) is 29.3 Å². The minimum Gasteiger partial charge on any atom is -0.491 e. The van der Waals surface area contributed by atoms with Crippen molar-refractivity contribution in [2.75, 3.05) is 26.9 Å². The molecule has 0 aromatic heterocycles. The van der Waals surface area contributed by atoms with Gasteiger partial charge < -0.3 is 20.1 Å². The predicted molar refractivity (Wildman–Crippen MR) is 103 cm³/mol. The summed E-state index contributed by atoms with van der Waals surface area (Å²) in [4.78, 5) is 4.74. The fraction of sp³-hybridized carbons (Fsp3) is 0.650. The zero-order valence-corrected chi connectivity index (χ0v) is 15.9. The number of nitrogens with zero attached hydrogens (tertiary/aromatic N) is 1. The Bertz CT molecular complexity index is 508. The van der Waals surface area contributed by atoms with Crippen LogP contribution in [0.1, 0.15) is 45.1 Å². The highest BCUT2D eigenvalue weighted by atomic mass is 16.5. The summed E-state index contributed by atoms with van der Waals surface area (Å²) in [5.74, 6) is 2.65. The molecule has 5 heteroatoms. The zero-order chi connectivity index (χ0) is 17.9. The van der Waals surface area contributed by atoms with Crippen molar-refractivity contribution < 1.29 is 9.47 Å². The molecule has 1 fully saturated rings. The minimum absolute atomic E-state index is 0.547. The third-order valence-corrected chi connectivity index (χ3v) is 4.60. The van der Waals surface area contributed by atoms with Crippen LogP contribution in [0.5, 0.6) is 5.75 Å². The molecule has 0 saturated heterocycles. The fourth-order valence-corrected chi connectivity index (χ4v) is 3.02. The maximum Gasteiger partial charge on any atom is 0.191 e. The molecule has 2 rings (SSSR count).